The molecule has 6 atom stereocenters. The first-order chi connectivity index (χ1) is 41.5. The van der Waals surface area contributed by atoms with Crippen molar-refractivity contribution in [3.05, 3.63) is 239 Å². The third kappa shape index (κ3) is 7.59. The van der Waals surface area contributed by atoms with E-state index in [0.717, 1.165) is 33.4 Å². The smallest absolute Gasteiger partial charge is 0.226 e. The summed E-state index contributed by atoms with van der Waals surface area (Å²) in [6.45, 7) is 0. The van der Waals surface area contributed by atoms with Crippen molar-refractivity contribution in [1.82, 2.24) is 15.1 Å². The maximum atomic E-state index is 13.4. The minimum absolute atomic E-state index is 0.0406. The average Bonchev–Trinajstić information content (AvgIpc) is 0.735. The lowest BCUT2D eigenvalue weighted by Gasteiger charge is -2.45. The van der Waals surface area contributed by atoms with Gasteiger partial charge in [0.15, 0.2) is 40.4 Å². The number of halogens is 3. The van der Waals surface area contributed by atoms with E-state index in [2.05, 4.69) is 53.1 Å². The second-order valence-corrected chi connectivity index (χ2v) is 24.7. The molecule has 0 heterocycles. The van der Waals surface area contributed by atoms with Crippen LogP contribution in [-0.4, -0.2) is 129 Å². The highest BCUT2D eigenvalue weighted by molar-refractivity contribution is 9.12. The lowest BCUT2D eigenvalue weighted by molar-refractivity contribution is -0.120. The summed E-state index contributed by atoms with van der Waals surface area (Å²) in [5.41, 5.74) is 8.93. The van der Waals surface area contributed by atoms with E-state index in [1.165, 1.54) is 38.5 Å². The molecule has 0 saturated carbocycles. The molecule has 0 saturated heterocycles. The number of ether oxygens (including phenoxy) is 2. The average molecular weight is 1350 g/mol. The van der Waals surface area contributed by atoms with Gasteiger partial charge in [-0.15, -0.1) is 0 Å². The SMILES string of the molecule is CNC1=C(Br)C(=O)C2=C(C1=O)C1C3=C(C(=O)C=CC3=O)C2c2ccccc21.COC1=C(Br)C(=O)C2=C(C1=O)C1C3=C(C(=O)C(N(C)C)=CC3=O)C2c2ccccc21.COC1=C(Br)C(=O)C2=C(C1=O)C1C3=C(C(=O)C=C(N(C)C)C3=O)C2c2ccccc21. The van der Waals surface area contributed by atoms with Gasteiger partial charge in [-0.25, -0.2) is 0 Å². The lowest BCUT2D eigenvalue weighted by atomic mass is 9.56. The Morgan fingerprint density at radius 1 is 0.345 bits per heavy atom. The normalized spacial score (nSPS) is 25.1. The van der Waals surface area contributed by atoms with Gasteiger partial charge < -0.3 is 24.6 Å². The highest BCUT2D eigenvalue weighted by Gasteiger charge is 2.59. The molecule has 0 spiro atoms. The fourth-order valence-electron chi connectivity index (χ4n) is 14.6. The van der Waals surface area contributed by atoms with Crippen molar-refractivity contribution in [1.29, 1.82) is 0 Å². The maximum Gasteiger partial charge on any atom is 0.226 e. The van der Waals surface area contributed by atoms with Gasteiger partial charge in [0.05, 0.1) is 30.1 Å². The van der Waals surface area contributed by atoms with Crippen LogP contribution in [0.4, 0.5) is 0 Å². The number of hydrogen-bond donors (Lipinski definition) is 1. The number of Topliss-reactive ketones (excluding diaryl/α,β-unsaturated/α-hetero) is 8. The Balaban J connectivity index is 0.000000121. The minimum atomic E-state index is -0.779. The summed E-state index contributed by atoms with van der Waals surface area (Å²) in [6, 6.07) is 22.1. The molecule has 87 heavy (non-hydrogen) atoms. The Morgan fingerprint density at radius 2 is 0.598 bits per heavy atom. The Kier molecular flexibility index (Phi) is 13.3. The van der Waals surface area contributed by atoms with Gasteiger partial charge in [-0.1, -0.05) is 72.8 Å². The first-order valence-corrected chi connectivity index (χ1v) is 29.6. The monoisotopic (exact) mass is 1350 g/mol. The standard InChI is InChI=1S/2C23H16BrNO5.C21H12BrNO4/c1-25(2)11-8-12(26)15-13-9-6-4-5-7-10(9)14(16(15)20(11)27)17-18(13)22(29)23(30-3)19(24)21(17)28;1-25(2)11-8-12(26)15-13-9-6-4-5-7-10(9)14(16(15)20(11)27)18-17(13)21(28)19(24)23(30-3)22(18)29;1-23-19-18(22)20(26)16-12-8-4-2-3-5-9(8)13(17(16)21(19)27)15-11(25)7-6-10(24)14(12)15/h2*4-8,13-14H,1-3H3;2-7,12-13,23H,1H3. The number of allylic oxidation sites excluding steroid dienone is 19. The quantitative estimate of drug-likeness (QED) is 0.250. The van der Waals surface area contributed by atoms with E-state index in [1.807, 2.05) is 72.8 Å². The van der Waals surface area contributed by atoms with Gasteiger partial charge >= 0.3 is 0 Å². The summed E-state index contributed by atoms with van der Waals surface area (Å²) < 4.78 is 10.7. The lowest BCUT2D eigenvalue weighted by Crippen LogP contribution is -2.43. The first-order valence-electron chi connectivity index (χ1n) is 27.2. The van der Waals surface area contributed by atoms with Crippen LogP contribution in [0.15, 0.2) is 206 Å². The van der Waals surface area contributed by atoms with Gasteiger partial charge in [-0.2, -0.15) is 0 Å². The molecule has 432 valence electrons. The number of nitrogens with one attached hydrogen (secondary N) is 1. The number of carbonyl (C=O) groups is 12. The highest BCUT2D eigenvalue weighted by atomic mass is 79.9. The number of ketones is 12. The molecule has 17 nitrogen and oxygen atoms in total. The fourth-order valence-corrected chi connectivity index (χ4v) is 16.3. The zero-order valence-electron chi connectivity index (χ0n) is 46.9. The van der Waals surface area contributed by atoms with Crippen molar-refractivity contribution in [2.45, 2.75) is 35.5 Å². The molecular weight excluding hydrogens is 1310 g/mol. The van der Waals surface area contributed by atoms with Crippen LogP contribution in [0.25, 0.3) is 0 Å². The van der Waals surface area contributed by atoms with Crippen molar-refractivity contribution >= 4 is 117 Å². The molecule has 3 aromatic carbocycles. The minimum Gasteiger partial charge on any atom is -0.491 e. The zero-order chi connectivity index (χ0) is 62.0. The van der Waals surface area contributed by atoms with Crippen LogP contribution in [0.1, 0.15) is 68.9 Å². The Labute approximate surface area is 520 Å². The molecular formula is C67H44Br3N3O14. The van der Waals surface area contributed by atoms with Gasteiger partial charge in [0.25, 0.3) is 0 Å². The van der Waals surface area contributed by atoms with E-state index < -0.39 is 52.9 Å². The molecule has 0 aliphatic heterocycles. The summed E-state index contributed by atoms with van der Waals surface area (Å²) in [4.78, 5) is 161. The van der Waals surface area contributed by atoms with E-state index in [9.17, 15) is 57.5 Å². The van der Waals surface area contributed by atoms with Gasteiger partial charge in [-0.05, 0) is 93.3 Å². The van der Waals surface area contributed by atoms with Crippen LogP contribution in [0.2, 0.25) is 0 Å². The fraction of sp³-hybridized carbons (Fsp3) is 0.194. The third-order valence-electron chi connectivity index (χ3n) is 17.9. The molecule has 20 heteroatoms. The molecule has 18 rings (SSSR count). The van der Waals surface area contributed by atoms with Crippen molar-refractivity contribution in [2.24, 2.45) is 0 Å². The van der Waals surface area contributed by atoms with Crippen LogP contribution in [0.3, 0.4) is 0 Å². The van der Waals surface area contributed by atoms with Gasteiger partial charge in [0.2, 0.25) is 40.5 Å². The molecule has 15 aliphatic carbocycles. The van der Waals surface area contributed by atoms with Crippen LogP contribution in [-0.2, 0) is 67.0 Å². The summed E-state index contributed by atoms with van der Waals surface area (Å²) in [5, 5.41) is 2.79. The number of nitrogens with zero attached hydrogens (tertiary/aromatic N) is 2. The first kappa shape index (κ1) is 57.1. The number of methoxy groups -OCH3 is 2. The molecule has 3 aromatic rings. The second-order valence-electron chi connectivity index (χ2n) is 22.4. The van der Waals surface area contributed by atoms with E-state index in [1.54, 1.807) is 45.0 Å². The summed E-state index contributed by atoms with van der Waals surface area (Å²) in [6.07, 6.45) is 5.16. The molecule has 0 fully saturated rings. The molecule has 0 radical (unpaired) electrons. The molecule has 6 bridgehead atoms. The Hall–Kier alpha value is -8.98. The molecule has 15 aliphatic rings. The predicted octanol–water partition coefficient (Wildman–Crippen LogP) is 7.11. The van der Waals surface area contributed by atoms with E-state index >= 15 is 0 Å². The summed E-state index contributed by atoms with van der Waals surface area (Å²) in [5.74, 6) is -8.64. The molecule has 1 N–H and O–H groups in total. The number of likely N-dealkylation sites (N-methyl/N-ethyl adjacent to an activating group) is 3. The van der Waals surface area contributed by atoms with Crippen molar-refractivity contribution in [3.63, 3.8) is 0 Å². The van der Waals surface area contributed by atoms with Crippen LogP contribution in [0.5, 0.6) is 0 Å². The molecule has 0 aromatic heterocycles. The second kappa shape index (κ2) is 20.3. The van der Waals surface area contributed by atoms with Crippen LogP contribution in [0, 0.1) is 0 Å². The summed E-state index contributed by atoms with van der Waals surface area (Å²) in [7, 11) is 11.0. The number of rotatable bonds is 5. The Morgan fingerprint density at radius 3 is 0.885 bits per heavy atom. The predicted molar refractivity (Wildman–Crippen MR) is 322 cm³/mol. The van der Waals surface area contributed by atoms with Crippen molar-refractivity contribution < 1.29 is 67.0 Å². The third-order valence-corrected chi connectivity index (χ3v) is 20.1. The highest BCUT2D eigenvalue weighted by Crippen LogP contribution is 2.63. The van der Waals surface area contributed by atoms with Gasteiger partial charge in [0, 0.05) is 150 Å². The van der Waals surface area contributed by atoms with Crippen molar-refractivity contribution in [2.75, 3.05) is 49.5 Å². The zero-order valence-corrected chi connectivity index (χ0v) is 51.7. The maximum absolute atomic E-state index is 13.4. The summed E-state index contributed by atoms with van der Waals surface area (Å²) >= 11 is 9.65. The Bertz CT molecular complexity index is 4540. The van der Waals surface area contributed by atoms with E-state index in [-0.39, 0.29) is 116 Å². The number of carbonyl (C=O) groups excluding carboxylic acids is 12. The molecule has 6 unspecified atom stereocenters. The van der Waals surface area contributed by atoms with Crippen LogP contribution < -0.4 is 5.32 Å². The topological polar surface area (TPSA) is 242 Å². The largest absolute Gasteiger partial charge is 0.491 e. The van der Waals surface area contributed by atoms with Crippen molar-refractivity contribution in [3.8, 4) is 0 Å². The number of benzene rings is 3. The van der Waals surface area contributed by atoms with Crippen LogP contribution >= 0.6 is 47.8 Å². The van der Waals surface area contributed by atoms with Gasteiger partial charge in [0.1, 0.15) is 14.7 Å². The van der Waals surface area contributed by atoms with Gasteiger partial charge in [-0.3, -0.25) is 57.5 Å². The van der Waals surface area contributed by atoms with E-state index in [4.69, 9.17) is 9.47 Å². The molecule has 0 amide bonds. The van der Waals surface area contributed by atoms with E-state index in [0.29, 0.717) is 44.6 Å². The number of hydrogen-bond acceptors (Lipinski definition) is 17.